The second-order valence-corrected chi connectivity index (χ2v) is 6.81. The van der Waals surface area contributed by atoms with E-state index in [1.54, 1.807) is 7.05 Å². The Hall–Kier alpha value is -2.24. The zero-order valence-corrected chi connectivity index (χ0v) is 15.8. The lowest BCUT2D eigenvalue weighted by molar-refractivity contribution is 0.0963. The monoisotopic (exact) mass is 374 g/mol. The highest BCUT2D eigenvalue weighted by atomic mass is 35.5. The van der Waals surface area contributed by atoms with Crippen LogP contribution >= 0.6 is 11.6 Å². The minimum atomic E-state index is -0.0771. The summed E-state index contributed by atoms with van der Waals surface area (Å²) in [6, 6.07) is 11.6. The van der Waals surface area contributed by atoms with Crippen molar-refractivity contribution in [3.05, 3.63) is 58.1 Å². The second-order valence-electron chi connectivity index (χ2n) is 6.40. The van der Waals surface area contributed by atoms with Crippen molar-refractivity contribution in [2.24, 2.45) is 0 Å². The van der Waals surface area contributed by atoms with Crippen LogP contribution in [0.1, 0.15) is 27.9 Å². The van der Waals surface area contributed by atoms with Crippen LogP contribution < -0.4 is 14.8 Å². The van der Waals surface area contributed by atoms with Gasteiger partial charge in [0.15, 0.2) is 11.5 Å². The summed E-state index contributed by atoms with van der Waals surface area (Å²) in [4.78, 5) is 13.8. The fraction of sp³-hybridized carbons (Fsp3) is 0.350. The number of ether oxygens (including phenoxy) is 2. The number of nitrogens with one attached hydrogen (secondary N) is 1. The molecule has 2 aromatic carbocycles. The normalized spacial score (nSPS) is 13.4. The molecule has 3 rings (SSSR count). The molecule has 26 heavy (non-hydrogen) atoms. The van der Waals surface area contributed by atoms with Crippen LogP contribution in [0.25, 0.3) is 0 Å². The van der Waals surface area contributed by atoms with Gasteiger partial charge in [-0.05, 0) is 42.4 Å². The lowest BCUT2D eigenvalue weighted by atomic mass is 10.1. The van der Waals surface area contributed by atoms with Crippen molar-refractivity contribution in [2.75, 3.05) is 27.3 Å². The van der Waals surface area contributed by atoms with Gasteiger partial charge in [0.1, 0.15) is 0 Å². The van der Waals surface area contributed by atoms with Gasteiger partial charge in [-0.25, -0.2) is 0 Å². The van der Waals surface area contributed by atoms with E-state index in [1.165, 1.54) is 0 Å². The molecule has 0 aliphatic carbocycles. The highest BCUT2D eigenvalue weighted by Crippen LogP contribution is 2.38. The van der Waals surface area contributed by atoms with Crippen LogP contribution in [0.4, 0.5) is 0 Å². The number of fused-ring (bicyclic) bond motifs is 1. The predicted molar refractivity (Wildman–Crippen MR) is 102 cm³/mol. The average molecular weight is 375 g/mol. The fourth-order valence-corrected chi connectivity index (χ4v) is 3.25. The Balaban J connectivity index is 1.66. The van der Waals surface area contributed by atoms with Gasteiger partial charge in [-0.1, -0.05) is 23.7 Å². The van der Waals surface area contributed by atoms with Crippen LogP contribution in [0.2, 0.25) is 5.02 Å². The lowest BCUT2D eigenvalue weighted by Crippen LogP contribution is -2.19. The molecule has 0 unspecified atom stereocenters. The number of halogens is 1. The Morgan fingerprint density at radius 3 is 2.54 bits per heavy atom. The molecule has 0 saturated carbocycles. The van der Waals surface area contributed by atoms with Crippen LogP contribution in [0.3, 0.4) is 0 Å². The van der Waals surface area contributed by atoms with Gasteiger partial charge in [-0.3, -0.25) is 9.69 Å². The van der Waals surface area contributed by atoms with Crippen molar-refractivity contribution >= 4 is 17.5 Å². The number of hydrogen-bond acceptors (Lipinski definition) is 4. The predicted octanol–water partition coefficient (Wildman–Crippen LogP) is 3.49. The summed E-state index contributed by atoms with van der Waals surface area (Å²) < 4.78 is 11.4. The third-order valence-electron chi connectivity index (χ3n) is 4.21. The average Bonchev–Trinajstić information content (AvgIpc) is 2.87. The van der Waals surface area contributed by atoms with Gasteiger partial charge in [0.25, 0.3) is 5.91 Å². The van der Waals surface area contributed by atoms with Gasteiger partial charge >= 0.3 is 0 Å². The van der Waals surface area contributed by atoms with E-state index in [4.69, 9.17) is 21.1 Å². The van der Waals surface area contributed by atoms with E-state index in [-0.39, 0.29) is 5.91 Å². The molecule has 0 saturated heterocycles. The molecule has 5 nitrogen and oxygen atoms in total. The molecular formula is C20H23ClN2O3. The summed E-state index contributed by atoms with van der Waals surface area (Å²) in [5.41, 5.74) is 2.87. The Morgan fingerprint density at radius 1 is 1.12 bits per heavy atom. The first-order valence-electron chi connectivity index (χ1n) is 8.64. The highest BCUT2D eigenvalue weighted by molar-refractivity contribution is 6.32. The third kappa shape index (κ3) is 4.48. The van der Waals surface area contributed by atoms with Crippen molar-refractivity contribution in [3.8, 4) is 11.5 Å². The molecule has 1 amide bonds. The second kappa shape index (κ2) is 8.43. The zero-order chi connectivity index (χ0) is 18.5. The van der Waals surface area contributed by atoms with E-state index in [0.29, 0.717) is 35.3 Å². The van der Waals surface area contributed by atoms with Crippen molar-refractivity contribution in [3.63, 3.8) is 0 Å². The molecule has 0 spiro atoms. The first kappa shape index (κ1) is 18.5. The van der Waals surface area contributed by atoms with Gasteiger partial charge in [-0.15, -0.1) is 0 Å². The number of carbonyl (C=O) groups is 1. The lowest BCUT2D eigenvalue weighted by Gasteiger charge is -2.18. The molecule has 2 aromatic rings. The standard InChI is InChI=1S/C20H23ClN2O3/c1-22-20(24)16-6-4-14(5-7-16)12-23(2)13-15-10-17(21)19-18(11-15)25-8-3-9-26-19/h4-7,10-11H,3,8-9,12-13H2,1-2H3,(H,22,24). The zero-order valence-electron chi connectivity index (χ0n) is 15.0. The largest absolute Gasteiger partial charge is 0.489 e. The number of amides is 1. The summed E-state index contributed by atoms with van der Waals surface area (Å²) >= 11 is 6.36. The fourth-order valence-electron chi connectivity index (χ4n) is 2.96. The minimum Gasteiger partial charge on any atom is -0.489 e. The summed E-state index contributed by atoms with van der Waals surface area (Å²) in [7, 11) is 3.67. The number of nitrogens with zero attached hydrogens (tertiary/aromatic N) is 1. The van der Waals surface area contributed by atoms with Crippen LogP contribution in [0.15, 0.2) is 36.4 Å². The van der Waals surface area contributed by atoms with Crippen LogP contribution in [-0.4, -0.2) is 38.1 Å². The number of benzene rings is 2. The molecule has 0 atom stereocenters. The van der Waals surface area contributed by atoms with Gasteiger partial charge in [0, 0.05) is 32.1 Å². The Kier molecular flexibility index (Phi) is 6.01. The van der Waals surface area contributed by atoms with Gasteiger partial charge < -0.3 is 14.8 Å². The van der Waals surface area contributed by atoms with Crippen LogP contribution in [-0.2, 0) is 13.1 Å². The van der Waals surface area contributed by atoms with E-state index in [0.717, 1.165) is 30.6 Å². The van der Waals surface area contributed by atoms with E-state index in [2.05, 4.69) is 10.2 Å². The highest BCUT2D eigenvalue weighted by Gasteiger charge is 2.16. The van der Waals surface area contributed by atoms with Crippen LogP contribution in [0.5, 0.6) is 11.5 Å². The maximum absolute atomic E-state index is 11.6. The first-order chi connectivity index (χ1) is 12.6. The van der Waals surface area contributed by atoms with Crippen molar-refractivity contribution < 1.29 is 14.3 Å². The smallest absolute Gasteiger partial charge is 0.251 e. The SMILES string of the molecule is CNC(=O)c1ccc(CN(C)Cc2cc(Cl)c3c(c2)OCCCO3)cc1. The maximum Gasteiger partial charge on any atom is 0.251 e. The summed E-state index contributed by atoms with van der Waals surface area (Å²) in [5.74, 6) is 1.28. The van der Waals surface area contributed by atoms with E-state index in [9.17, 15) is 4.79 Å². The van der Waals surface area contributed by atoms with Crippen molar-refractivity contribution in [1.29, 1.82) is 0 Å². The molecule has 0 fully saturated rings. The van der Waals surface area contributed by atoms with Crippen molar-refractivity contribution in [1.82, 2.24) is 10.2 Å². The molecule has 138 valence electrons. The minimum absolute atomic E-state index is 0.0771. The Morgan fingerprint density at radius 2 is 1.81 bits per heavy atom. The molecule has 6 heteroatoms. The molecule has 0 radical (unpaired) electrons. The topological polar surface area (TPSA) is 50.8 Å². The van der Waals surface area contributed by atoms with Crippen LogP contribution in [0, 0.1) is 0 Å². The molecule has 0 aromatic heterocycles. The van der Waals surface area contributed by atoms with Gasteiger partial charge in [-0.2, -0.15) is 0 Å². The Bertz CT molecular complexity index is 777. The summed E-state index contributed by atoms with van der Waals surface area (Å²) in [6.07, 6.45) is 0.853. The van der Waals surface area contributed by atoms with E-state index >= 15 is 0 Å². The molecule has 0 bridgehead atoms. The number of hydrogen-bond donors (Lipinski definition) is 1. The van der Waals surface area contributed by atoms with Gasteiger partial charge in [0.2, 0.25) is 0 Å². The molecular weight excluding hydrogens is 352 g/mol. The molecule has 1 aliphatic rings. The number of carbonyl (C=O) groups excluding carboxylic acids is 1. The molecule has 1 heterocycles. The third-order valence-corrected chi connectivity index (χ3v) is 4.49. The summed E-state index contributed by atoms with van der Waals surface area (Å²) in [5, 5.41) is 3.21. The van der Waals surface area contributed by atoms with E-state index in [1.807, 2.05) is 43.4 Å². The quantitative estimate of drug-likeness (QED) is 0.870. The summed E-state index contributed by atoms with van der Waals surface area (Å²) in [6.45, 7) is 2.76. The number of rotatable bonds is 5. The van der Waals surface area contributed by atoms with E-state index < -0.39 is 0 Å². The Labute approximate surface area is 158 Å². The van der Waals surface area contributed by atoms with Gasteiger partial charge in [0.05, 0.1) is 18.2 Å². The molecule has 1 N–H and O–H groups in total. The van der Waals surface area contributed by atoms with Crippen molar-refractivity contribution in [2.45, 2.75) is 19.5 Å². The first-order valence-corrected chi connectivity index (χ1v) is 9.02. The maximum atomic E-state index is 11.6. The molecule has 1 aliphatic heterocycles.